The van der Waals surface area contributed by atoms with E-state index >= 15 is 0 Å². The lowest BCUT2D eigenvalue weighted by molar-refractivity contribution is -0.140. The molecule has 0 aliphatic carbocycles. The number of carbonyl (C=O) groups excluding carboxylic acids is 2. The monoisotopic (exact) mass is 466 g/mol. The molecule has 1 unspecified atom stereocenters. The third-order valence-corrected chi connectivity index (χ3v) is 6.08. The lowest BCUT2D eigenvalue weighted by atomic mass is 9.85. The molecule has 0 spiro atoms. The lowest BCUT2D eigenvalue weighted by Gasteiger charge is -2.28. The summed E-state index contributed by atoms with van der Waals surface area (Å²) in [6.45, 7) is 7.06. The molecule has 1 heterocycles. The van der Waals surface area contributed by atoms with Gasteiger partial charge in [0.25, 0.3) is 11.7 Å². The Labute approximate surface area is 201 Å². The maximum absolute atomic E-state index is 13.3. The molecule has 1 saturated heterocycles. The van der Waals surface area contributed by atoms with E-state index in [1.807, 2.05) is 49.3 Å². The number of ether oxygens (including phenoxy) is 2. The smallest absolute Gasteiger partial charge is 0.295 e. The zero-order chi connectivity index (χ0) is 25.2. The van der Waals surface area contributed by atoms with Gasteiger partial charge in [0.15, 0.2) is 0 Å². The van der Waals surface area contributed by atoms with E-state index in [2.05, 4.69) is 20.8 Å². The molecule has 7 nitrogen and oxygen atoms in total. The van der Waals surface area contributed by atoms with Gasteiger partial charge in [0, 0.05) is 18.7 Å². The van der Waals surface area contributed by atoms with Crippen LogP contribution in [0, 0.1) is 0 Å². The van der Waals surface area contributed by atoms with Gasteiger partial charge in [-0.1, -0.05) is 45.0 Å². The molecule has 34 heavy (non-hydrogen) atoms. The summed E-state index contributed by atoms with van der Waals surface area (Å²) in [6.07, 6.45) is 0. The fourth-order valence-electron chi connectivity index (χ4n) is 4.14. The van der Waals surface area contributed by atoms with Gasteiger partial charge >= 0.3 is 0 Å². The van der Waals surface area contributed by atoms with Crippen LogP contribution in [-0.2, 0) is 15.0 Å². The molecule has 0 aromatic heterocycles. The number of para-hydroxylation sites is 1. The van der Waals surface area contributed by atoms with Crippen molar-refractivity contribution in [2.45, 2.75) is 32.2 Å². The van der Waals surface area contributed by atoms with Crippen molar-refractivity contribution in [2.24, 2.45) is 0 Å². The van der Waals surface area contributed by atoms with Crippen LogP contribution < -0.4 is 9.47 Å². The molecular weight excluding hydrogens is 432 g/mol. The van der Waals surface area contributed by atoms with E-state index in [-0.39, 0.29) is 16.7 Å². The van der Waals surface area contributed by atoms with Gasteiger partial charge in [0.2, 0.25) is 0 Å². The summed E-state index contributed by atoms with van der Waals surface area (Å²) >= 11 is 0. The molecule has 0 saturated carbocycles. The fourth-order valence-corrected chi connectivity index (χ4v) is 4.14. The predicted octanol–water partition coefficient (Wildman–Crippen LogP) is 3.98. The Bertz CT molecular complexity index is 1110. The number of amides is 1. The first-order chi connectivity index (χ1) is 16.0. The molecule has 2 aromatic carbocycles. The maximum Gasteiger partial charge on any atom is 0.295 e. The van der Waals surface area contributed by atoms with Crippen molar-refractivity contribution in [1.82, 2.24) is 9.80 Å². The number of Topliss-reactive ketones (excluding diaryl/α,β-unsaturated/α-hetero) is 1. The number of hydrogen-bond donors (Lipinski definition) is 1. The van der Waals surface area contributed by atoms with Crippen molar-refractivity contribution in [2.75, 3.05) is 41.4 Å². The molecule has 0 bridgehead atoms. The molecule has 0 radical (unpaired) electrons. The topological polar surface area (TPSA) is 79.3 Å². The third-order valence-electron chi connectivity index (χ3n) is 6.08. The number of aliphatic hydroxyl groups excluding tert-OH is 1. The number of hydrogen-bond acceptors (Lipinski definition) is 6. The van der Waals surface area contributed by atoms with Crippen LogP contribution in [0.3, 0.4) is 0 Å². The van der Waals surface area contributed by atoms with Gasteiger partial charge in [0.05, 0.1) is 31.4 Å². The van der Waals surface area contributed by atoms with E-state index in [0.717, 1.165) is 5.56 Å². The Balaban J connectivity index is 2.29. The van der Waals surface area contributed by atoms with Gasteiger partial charge in [-0.15, -0.1) is 0 Å². The molecule has 1 aliphatic rings. The van der Waals surface area contributed by atoms with Crippen LogP contribution in [0.5, 0.6) is 11.5 Å². The number of nitrogens with zero attached hydrogens (tertiary/aromatic N) is 2. The van der Waals surface area contributed by atoms with Crippen LogP contribution in [0.25, 0.3) is 5.76 Å². The van der Waals surface area contributed by atoms with Crippen molar-refractivity contribution < 1.29 is 24.2 Å². The SMILES string of the molecule is COc1ccc(C(C)(C)C)cc1/C(O)=C1\C(=O)C(=O)N(CCN(C)C)C1c1ccccc1OC. The summed E-state index contributed by atoms with van der Waals surface area (Å²) in [5.41, 5.74) is 1.81. The minimum absolute atomic E-state index is 0.0256. The van der Waals surface area contributed by atoms with Gasteiger partial charge in [0.1, 0.15) is 17.3 Å². The Morgan fingerprint density at radius 1 is 1.03 bits per heavy atom. The number of likely N-dealkylation sites (N-methyl/N-ethyl adjacent to an activating group) is 1. The summed E-state index contributed by atoms with van der Waals surface area (Å²) in [4.78, 5) is 29.9. The Morgan fingerprint density at radius 2 is 1.68 bits per heavy atom. The third kappa shape index (κ3) is 4.80. The first-order valence-corrected chi connectivity index (χ1v) is 11.3. The highest BCUT2D eigenvalue weighted by atomic mass is 16.5. The minimum atomic E-state index is -0.793. The first kappa shape index (κ1) is 25.3. The van der Waals surface area contributed by atoms with Crippen molar-refractivity contribution in [3.05, 3.63) is 64.7 Å². The molecule has 3 rings (SSSR count). The number of benzene rings is 2. The van der Waals surface area contributed by atoms with Crippen LogP contribution in [0.1, 0.15) is 43.5 Å². The van der Waals surface area contributed by atoms with Crippen LogP contribution >= 0.6 is 0 Å². The molecule has 1 atom stereocenters. The standard InChI is InChI=1S/C27H34N2O5/c1-27(2,3)17-12-13-21(34-7)19(16-17)24(30)22-23(18-10-8-9-11-20(18)33-6)29(15-14-28(4)5)26(32)25(22)31/h8-13,16,23,30H,14-15H2,1-7H3/b24-22+. The van der Waals surface area contributed by atoms with Crippen molar-refractivity contribution >= 4 is 17.4 Å². The molecule has 1 amide bonds. The van der Waals surface area contributed by atoms with Gasteiger partial charge in [-0.3, -0.25) is 9.59 Å². The highest BCUT2D eigenvalue weighted by Crippen LogP contribution is 2.44. The Kier molecular flexibility index (Phi) is 7.36. The second-order valence-electron chi connectivity index (χ2n) is 9.70. The average Bonchev–Trinajstić information content (AvgIpc) is 3.05. The zero-order valence-corrected chi connectivity index (χ0v) is 21.0. The largest absolute Gasteiger partial charge is 0.507 e. The van der Waals surface area contributed by atoms with Crippen LogP contribution in [0.15, 0.2) is 48.0 Å². The van der Waals surface area contributed by atoms with Gasteiger partial charge < -0.3 is 24.4 Å². The van der Waals surface area contributed by atoms with Crippen molar-refractivity contribution in [3.63, 3.8) is 0 Å². The number of likely N-dealkylation sites (tertiary alicyclic amines) is 1. The quantitative estimate of drug-likeness (QED) is 0.378. The second-order valence-corrected chi connectivity index (χ2v) is 9.70. The molecule has 1 fully saturated rings. The molecule has 1 aliphatic heterocycles. The molecule has 182 valence electrons. The number of methoxy groups -OCH3 is 2. The van der Waals surface area contributed by atoms with E-state index in [1.54, 1.807) is 19.2 Å². The van der Waals surface area contributed by atoms with Crippen LogP contribution in [0.2, 0.25) is 0 Å². The highest BCUT2D eigenvalue weighted by molar-refractivity contribution is 6.46. The van der Waals surface area contributed by atoms with Crippen LogP contribution in [-0.4, -0.2) is 68.0 Å². The van der Waals surface area contributed by atoms with Crippen molar-refractivity contribution in [1.29, 1.82) is 0 Å². The minimum Gasteiger partial charge on any atom is -0.507 e. The molecular formula is C27H34N2O5. The van der Waals surface area contributed by atoms with Gasteiger partial charge in [-0.05, 0) is 43.3 Å². The summed E-state index contributed by atoms with van der Waals surface area (Å²) in [7, 11) is 6.85. The number of carbonyl (C=O) groups is 2. The summed E-state index contributed by atoms with van der Waals surface area (Å²) in [5, 5.41) is 11.5. The second kappa shape index (κ2) is 9.89. The predicted molar refractivity (Wildman–Crippen MR) is 132 cm³/mol. The zero-order valence-electron chi connectivity index (χ0n) is 21.0. The summed E-state index contributed by atoms with van der Waals surface area (Å²) in [6, 6.07) is 12.0. The number of rotatable bonds is 7. The van der Waals surface area contributed by atoms with E-state index in [4.69, 9.17) is 9.47 Å². The van der Waals surface area contributed by atoms with Crippen LogP contribution in [0.4, 0.5) is 0 Å². The first-order valence-electron chi connectivity index (χ1n) is 11.3. The lowest BCUT2D eigenvalue weighted by Crippen LogP contribution is -2.35. The molecule has 7 heteroatoms. The number of ketones is 1. The average molecular weight is 467 g/mol. The molecule has 2 aromatic rings. The van der Waals surface area contributed by atoms with Crippen molar-refractivity contribution in [3.8, 4) is 11.5 Å². The Hall–Kier alpha value is -3.32. The fraction of sp³-hybridized carbons (Fsp3) is 0.407. The van der Waals surface area contributed by atoms with E-state index in [9.17, 15) is 14.7 Å². The number of aliphatic hydroxyl groups is 1. The van der Waals surface area contributed by atoms with E-state index in [0.29, 0.717) is 35.7 Å². The summed E-state index contributed by atoms with van der Waals surface area (Å²) < 4.78 is 11.1. The molecule has 1 N–H and O–H groups in total. The normalized spacial score (nSPS) is 18.0. The van der Waals surface area contributed by atoms with Gasteiger partial charge in [-0.2, -0.15) is 0 Å². The van der Waals surface area contributed by atoms with E-state index in [1.165, 1.54) is 12.0 Å². The summed E-state index contributed by atoms with van der Waals surface area (Å²) in [5.74, 6) is -0.681. The van der Waals surface area contributed by atoms with E-state index < -0.39 is 17.7 Å². The maximum atomic E-state index is 13.3. The Morgan fingerprint density at radius 3 is 2.26 bits per heavy atom. The van der Waals surface area contributed by atoms with Gasteiger partial charge in [-0.25, -0.2) is 0 Å². The highest BCUT2D eigenvalue weighted by Gasteiger charge is 2.47.